The molecule has 28 heavy (non-hydrogen) atoms. The number of carbonyl (C=O) groups is 1. The lowest BCUT2D eigenvalue weighted by atomic mass is 10.0. The Balaban J connectivity index is 1.55. The van der Waals surface area contributed by atoms with Crippen molar-refractivity contribution < 1.29 is 4.79 Å². The van der Waals surface area contributed by atoms with E-state index in [0.717, 1.165) is 17.8 Å². The number of amides is 1. The van der Waals surface area contributed by atoms with Crippen LogP contribution in [0.4, 0.5) is 17.2 Å². The molecule has 5 heteroatoms. The molecule has 1 aromatic heterocycles. The van der Waals surface area contributed by atoms with Gasteiger partial charge in [0, 0.05) is 17.4 Å². The summed E-state index contributed by atoms with van der Waals surface area (Å²) >= 11 is 0. The molecule has 0 aliphatic carbocycles. The zero-order valence-corrected chi connectivity index (χ0v) is 16.4. The maximum atomic E-state index is 13.0. The summed E-state index contributed by atoms with van der Waals surface area (Å²) in [6, 6.07) is 16.3. The van der Waals surface area contributed by atoms with Crippen molar-refractivity contribution >= 4 is 23.1 Å². The van der Waals surface area contributed by atoms with Gasteiger partial charge >= 0.3 is 0 Å². The lowest BCUT2D eigenvalue weighted by molar-refractivity contribution is 0.0976. The van der Waals surface area contributed by atoms with Gasteiger partial charge in [0.15, 0.2) is 0 Å². The molecule has 1 N–H and O–H groups in total. The van der Waals surface area contributed by atoms with Gasteiger partial charge in [-0.15, -0.1) is 0 Å². The zero-order valence-electron chi connectivity index (χ0n) is 16.4. The third kappa shape index (κ3) is 3.36. The van der Waals surface area contributed by atoms with E-state index in [4.69, 9.17) is 0 Å². The number of carbonyl (C=O) groups excluding carboxylic acids is 1. The number of nitrogens with zero attached hydrogens (tertiary/aromatic N) is 3. The summed E-state index contributed by atoms with van der Waals surface area (Å²) < 4.78 is 0. The molecule has 4 rings (SSSR count). The first kappa shape index (κ1) is 18.2. The fourth-order valence-electron chi connectivity index (χ4n) is 3.75. The molecule has 1 unspecified atom stereocenters. The number of rotatable bonds is 4. The quantitative estimate of drug-likeness (QED) is 0.705. The Labute approximate surface area is 165 Å². The van der Waals surface area contributed by atoms with Crippen LogP contribution in [0.5, 0.6) is 0 Å². The third-order valence-corrected chi connectivity index (χ3v) is 5.14. The smallest absolute Gasteiger partial charge is 0.278 e. The summed E-state index contributed by atoms with van der Waals surface area (Å²) in [5.41, 5.74) is 4.74. The van der Waals surface area contributed by atoms with Crippen molar-refractivity contribution in [1.82, 2.24) is 9.97 Å². The Kier molecular flexibility index (Phi) is 4.82. The third-order valence-electron chi connectivity index (χ3n) is 5.14. The molecule has 0 fully saturated rings. The molecule has 1 amide bonds. The van der Waals surface area contributed by atoms with Gasteiger partial charge in [-0.25, -0.2) is 9.97 Å². The van der Waals surface area contributed by atoms with Crippen molar-refractivity contribution in [3.63, 3.8) is 0 Å². The van der Waals surface area contributed by atoms with E-state index in [0.29, 0.717) is 17.4 Å². The molecule has 0 saturated carbocycles. The van der Waals surface area contributed by atoms with Gasteiger partial charge in [0.2, 0.25) is 0 Å². The van der Waals surface area contributed by atoms with Crippen LogP contribution in [0.25, 0.3) is 0 Å². The van der Waals surface area contributed by atoms with Crippen LogP contribution in [0.1, 0.15) is 48.3 Å². The largest absolute Gasteiger partial charge is 0.339 e. The van der Waals surface area contributed by atoms with Gasteiger partial charge in [-0.05, 0) is 42.5 Å². The normalized spacial score (nSPS) is 15.6. The summed E-state index contributed by atoms with van der Waals surface area (Å²) in [6.07, 6.45) is 4.04. The van der Waals surface area contributed by atoms with E-state index in [1.165, 1.54) is 11.1 Å². The molecule has 142 valence electrons. The fraction of sp³-hybridized carbons (Fsp3) is 0.261. The number of nitrogens with one attached hydrogen (secondary N) is 1. The number of hydrogen-bond acceptors (Lipinski definition) is 4. The predicted octanol–water partition coefficient (Wildman–Crippen LogP) is 4.94. The first-order valence-electron chi connectivity index (χ1n) is 9.64. The van der Waals surface area contributed by atoms with Crippen molar-refractivity contribution in [3.05, 3.63) is 77.7 Å². The minimum Gasteiger partial charge on any atom is -0.339 e. The molecule has 2 heterocycles. The van der Waals surface area contributed by atoms with E-state index < -0.39 is 0 Å². The van der Waals surface area contributed by atoms with Crippen LogP contribution in [0.3, 0.4) is 0 Å². The molecule has 0 saturated heterocycles. The van der Waals surface area contributed by atoms with Crippen LogP contribution in [0.2, 0.25) is 0 Å². The highest BCUT2D eigenvalue weighted by atomic mass is 16.2. The van der Waals surface area contributed by atoms with Crippen molar-refractivity contribution in [1.29, 1.82) is 0 Å². The highest BCUT2D eigenvalue weighted by Gasteiger charge is 2.31. The topological polar surface area (TPSA) is 58.1 Å². The zero-order chi connectivity index (χ0) is 19.7. The number of fused-ring (bicyclic) bond motifs is 1. The average molecular weight is 372 g/mol. The van der Waals surface area contributed by atoms with Gasteiger partial charge in [-0.2, -0.15) is 0 Å². The Bertz CT molecular complexity index is 997. The lowest BCUT2D eigenvalue weighted by Gasteiger charge is -2.22. The lowest BCUT2D eigenvalue weighted by Crippen LogP contribution is -2.36. The highest BCUT2D eigenvalue weighted by molar-refractivity contribution is 6.06. The molecule has 1 atom stereocenters. The fourth-order valence-corrected chi connectivity index (χ4v) is 3.75. The summed E-state index contributed by atoms with van der Waals surface area (Å²) in [5, 5.41) is 3.32. The first-order valence-corrected chi connectivity index (χ1v) is 9.64. The molecule has 1 aliphatic heterocycles. The first-order chi connectivity index (χ1) is 13.5. The molecule has 0 radical (unpaired) electrons. The molecule has 0 bridgehead atoms. The van der Waals surface area contributed by atoms with E-state index in [-0.39, 0.29) is 11.9 Å². The van der Waals surface area contributed by atoms with Crippen LogP contribution in [-0.2, 0) is 6.42 Å². The minimum absolute atomic E-state index is 0.112. The second-order valence-corrected chi connectivity index (χ2v) is 7.51. The second kappa shape index (κ2) is 7.43. The van der Waals surface area contributed by atoms with Crippen molar-refractivity contribution in [3.8, 4) is 0 Å². The van der Waals surface area contributed by atoms with Crippen LogP contribution in [-0.4, -0.2) is 21.9 Å². The van der Waals surface area contributed by atoms with Gasteiger partial charge < -0.3 is 10.2 Å². The summed E-state index contributed by atoms with van der Waals surface area (Å²) in [6.45, 7) is 6.37. The summed E-state index contributed by atoms with van der Waals surface area (Å²) in [5.74, 6) is 0.910. The minimum atomic E-state index is -0.112. The van der Waals surface area contributed by atoms with E-state index in [1.54, 1.807) is 12.4 Å². The SMILES string of the molecule is CC(C)c1ccccc1Nc1cnc(C(=O)N2c3ccccc3CC2C)cn1. The van der Waals surface area contributed by atoms with E-state index in [9.17, 15) is 4.79 Å². The Morgan fingerprint density at radius 3 is 2.57 bits per heavy atom. The Morgan fingerprint density at radius 1 is 1.07 bits per heavy atom. The number of aromatic nitrogens is 2. The molecular formula is C23H24N4O. The predicted molar refractivity (Wildman–Crippen MR) is 112 cm³/mol. The summed E-state index contributed by atoms with van der Waals surface area (Å²) in [4.78, 5) is 23.7. The van der Waals surface area contributed by atoms with Crippen LogP contribution in [0, 0.1) is 0 Å². The maximum Gasteiger partial charge on any atom is 0.278 e. The summed E-state index contributed by atoms with van der Waals surface area (Å²) in [7, 11) is 0. The van der Waals surface area contributed by atoms with E-state index in [2.05, 4.69) is 48.2 Å². The monoisotopic (exact) mass is 372 g/mol. The number of hydrogen-bond donors (Lipinski definition) is 1. The Morgan fingerprint density at radius 2 is 1.82 bits per heavy atom. The van der Waals surface area contributed by atoms with Gasteiger partial charge in [-0.1, -0.05) is 50.2 Å². The van der Waals surface area contributed by atoms with Gasteiger partial charge in [-0.3, -0.25) is 4.79 Å². The van der Waals surface area contributed by atoms with Gasteiger partial charge in [0.25, 0.3) is 5.91 Å². The molecule has 1 aliphatic rings. The standard InChI is InChI=1S/C23H24N4O/c1-15(2)18-9-5-6-10-19(18)26-22-14-24-20(13-25-22)23(28)27-16(3)12-17-8-4-7-11-21(17)27/h4-11,13-16H,12H2,1-3H3,(H,25,26). The molecular weight excluding hydrogens is 348 g/mol. The van der Waals surface area contributed by atoms with Crippen LogP contribution >= 0.6 is 0 Å². The van der Waals surface area contributed by atoms with E-state index >= 15 is 0 Å². The molecule has 0 spiro atoms. The Hall–Kier alpha value is -3.21. The molecule has 3 aromatic rings. The highest BCUT2D eigenvalue weighted by Crippen LogP contribution is 2.33. The van der Waals surface area contributed by atoms with E-state index in [1.807, 2.05) is 41.3 Å². The van der Waals surface area contributed by atoms with Gasteiger partial charge in [0.1, 0.15) is 11.5 Å². The van der Waals surface area contributed by atoms with Crippen molar-refractivity contribution in [2.24, 2.45) is 0 Å². The van der Waals surface area contributed by atoms with Crippen LogP contribution in [0.15, 0.2) is 60.9 Å². The van der Waals surface area contributed by atoms with Crippen LogP contribution < -0.4 is 10.2 Å². The molecule has 5 nitrogen and oxygen atoms in total. The number of benzene rings is 2. The molecule has 2 aromatic carbocycles. The van der Waals surface area contributed by atoms with Gasteiger partial charge in [0.05, 0.1) is 12.4 Å². The second-order valence-electron chi connectivity index (χ2n) is 7.51. The van der Waals surface area contributed by atoms with Crippen molar-refractivity contribution in [2.75, 3.05) is 10.2 Å². The number of para-hydroxylation sites is 2. The van der Waals surface area contributed by atoms with Crippen molar-refractivity contribution in [2.45, 2.75) is 39.2 Å². The average Bonchev–Trinajstić information content (AvgIpc) is 3.04. The maximum absolute atomic E-state index is 13.0. The number of anilines is 3.